The van der Waals surface area contributed by atoms with Crippen molar-refractivity contribution in [3.63, 3.8) is 0 Å². The van der Waals surface area contributed by atoms with Gasteiger partial charge in [0.2, 0.25) is 11.8 Å². The maximum absolute atomic E-state index is 13.1. The Bertz CT molecular complexity index is 965. The number of nitrogens with zero attached hydrogens (tertiary/aromatic N) is 5. The minimum absolute atomic E-state index is 0.0866. The second kappa shape index (κ2) is 7.45. The molecular formula is C13H16N6O7S. The number of carbonyl (C=O) groups is 2. The van der Waals surface area contributed by atoms with Gasteiger partial charge in [-0.3, -0.25) is 4.68 Å². The number of urea groups is 1. The number of methoxy groups -OCH3 is 3. The molecule has 0 aromatic carbocycles. The zero-order chi connectivity index (χ0) is 20.4. The largest absolute Gasteiger partial charge is 0.481 e. The Kier molecular flexibility index (Phi) is 5.49. The van der Waals surface area contributed by atoms with Crippen LogP contribution in [0.1, 0.15) is 10.4 Å². The Balaban J connectivity index is 2.73. The Morgan fingerprint density at radius 1 is 1.15 bits per heavy atom. The number of esters is 1. The molecule has 2 rings (SSSR count). The fraction of sp³-hybridized carbons (Fsp3) is 0.308. The summed E-state index contributed by atoms with van der Waals surface area (Å²) in [7, 11) is 0.102. The standard InChI is InChI=1S/C13H16N6O7S/c1-18-10(7(6-15-18)11(20)26-4)27(22,23)19(12(14)21)13-16-8(24-2)5-9(17-13)25-3/h5-6H,1-4H3,(H2,14,21). The van der Waals surface area contributed by atoms with Crippen LogP contribution in [-0.2, 0) is 21.8 Å². The Labute approximate surface area is 153 Å². The number of ether oxygens (including phenoxy) is 3. The van der Waals surface area contributed by atoms with Crippen molar-refractivity contribution >= 4 is 28.0 Å². The van der Waals surface area contributed by atoms with Gasteiger partial charge in [0.1, 0.15) is 5.56 Å². The molecule has 0 aliphatic rings. The predicted molar refractivity (Wildman–Crippen MR) is 88.9 cm³/mol. The fourth-order valence-electron chi connectivity index (χ4n) is 2.09. The molecule has 0 spiro atoms. The van der Waals surface area contributed by atoms with Crippen LogP contribution >= 0.6 is 0 Å². The van der Waals surface area contributed by atoms with E-state index in [9.17, 15) is 18.0 Å². The van der Waals surface area contributed by atoms with Gasteiger partial charge in [-0.15, -0.1) is 4.31 Å². The van der Waals surface area contributed by atoms with E-state index in [4.69, 9.17) is 15.2 Å². The molecule has 2 aromatic rings. The third kappa shape index (κ3) is 3.59. The molecule has 0 bridgehead atoms. The average Bonchev–Trinajstić information content (AvgIpc) is 3.02. The molecule has 27 heavy (non-hydrogen) atoms. The molecule has 0 saturated carbocycles. The lowest BCUT2D eigenvalue weighted by molar-refractivity contribution is 0.0595. The number of primary amides is 1. The lowest BCUT2D eigenvalue weighted by atomic mass is 10.4. The van der Waals surface area contributed by atoms with Crippen LogP contribution in [0.25, 0.3) is 0 Å². The van der Waals surface area contributed by atoms with Gasteiger partial charge in [-0.05, 0) is 0 Å². The van der Waals surface area contributed by atoms with Gasteiger partial charge >= 0.3 is 12.0 Å². The lowest BCUT2D eigenvalue weighted by Crippen LogP contribution is -2.43. The van der Waals surface area contributed by atoms with E-state index in [1.54, 1.807) is 0 Å². The predicted octanol–water partition coefficient (Wildman–Crippen LogP) is -0.712. The quantitative estimate of drug-likeness (QED) is 0.611. The number of sulfonamides is 1. The summed E-state index contributed by atoms with van der Waals surface area (Å²) in [6, 6.07) is -0.165. The van der Waals surface area contributed by atoms with Crippen LogP contribution in [0.15, 0.2) is 17.3 Å². The summed E-state index contributed by atoms with van der Waals surface area (Å²) in [4.78, 5) is 31.5. The molecule has 13 nitrogen and oxygen atoms in total. The molecule has 0 atom stereocenters. The third-order valence-electron chi connectivity index (χ3n) is 3.24. The molecular weight excluding hydrogens is 384 g/mol. The van der Waals surface area contributed by atoms with Crippen LogP contribution < -0.4 is 19.5 Å². The third-order valence-corrected chi connectivity index (χ3v) is 5.04. The number of hydrogen-bond acceptors (Lipinski definition) is 10. The molecule has 146 valence electrons. The summed E-state index contributed by atoms with van der Waals surface area (Å²) in [6.07, 6.45) is 0.977. The van der Waals surface area contributed by atoms with Crippen LogP contribution in [-0.4, -0.2) is 61.5 Å². The van der Waals surface area contributed by atoms with E-state index in [2.05, 4.69) is 19.8 Å². The second-order valence-electron chi connectivity index (χ2n) is 4.84. The topological polar surface area (TPSA) is 169 Å². The first kappa shape index (κ1) is 19.9. The van der Waals surface area contributed by atoms with Gasteiger partial charge in [-0.2, -0.15) is 23.5 Å². The smallest absolute Gasteiger partial charge is 0.342 e. The Hall–Kier alpha value is -3.42. The van der Waals surface area contributed by atoms with Crippen molar-refractivity contribution in [1.29, 1.82) is 0 Å². The van der Waals surface area contributed by atoms with Gasteiger partial charge in [-0.1, -0.05) is 0 Å². The summed E-state index contributed by atoms with van der Waals surface area (Å²) in [5.41, 5.74) is 4.85. The maximum Gasteiger partial charge on any atom is 0.342 e. The minimum atomic E-state index is -4.75. The highest BCUT2D eigenvalue weighted by atomic mass is 32.2. The molecule has 2 N–H and O–H groups in total. The molecule has 0 fully saturated rings. The first-order chi connectivity index (χ1) is 12.7. The molecule has 0 aliphatic carbocycles. The molecule has 0 saturated heterocycles. The number of nitrogens with two attached hydrogens (primary N) is 1. The number of rotatable bonds is 6. The first-order valence-electron chi connectivity index (χ1n) is 7.09. The number of carbonyl (C=O) groups excluding carboxylic acids is 2. The van der Waals surface area contributed by atoms with Crippen LogP contribution in [0, 0.1) is 0 Å². The molecule has 0 unspecified atom stereocenters. The van der Waals surface area contributed by atoms with Crippen molar-refractivity contribution in [3.8, 4) is 11.8 Å². The van der Waals surface area contributed by atoms with Gasteiger partial charge in [0, 0.05) is 7.05 Å². The highest BCUT2D eigenvalue weighted by molar-refractivity contribution is 7.93. The number of aryl methyl sites for hydroxylation is 1. The molecule has 0 radical (unpaired) electrons. The molecule has 2 aromatic heterocycles. The normalized spacial score (nSPS) is 11.0. The van der Waals surface area contributed by atoms with Crippen LogP contribution in [0.4, 0.5) is 10.7 Å². The van der Waals surface area contributed by atoms with Gasteiger partial charge in [0.25, 0.3) is 16.0 Å². The van der Waals surface area contributed by atoms with Gasteiger partial charge in [0.15, 0.2) is 5.03 Å². The fourth-order valence-corrected chi connectivity index (χ4v) is 3.59. The van der Waals surface area contributed by atoms with E-state index in [0.29, 0.717) is 0 Å². The molecule has 0 aliphatic heterocycles. The monoisotopic (exact) mass is 400 g/mol. The molecule has 2 heterocycles. The number of amides is 2. The summed E-state index contributed by atoms with van der Waals surface area (Å²) in [5, 5.41) is 3.08. The highest BCUT2D eigenvalue weighted by Crippen LogP contribution is 2.27. The van der Waals surface area contributed by atoms with E-state index < -0.39 is 38.6 Å². The van der Waals surface area contributed by atoms with Crippen molar-refractivity contribution in [2.45, 2.75) is 5.03 Å². The Morgan fingerprint density at radius 3 is 2.15 bits per heavy atom. The highest BCUT2D eigenvalue weighted by Gasteiger charge is 2.38. The number of hydrogen-bond donors (Lipinski definition) is 1. The van der Waals surface area contributed by atoms with Crippen molar-refractivity contribution < 1.29 is 32.2 Å². The maximum atomic E-state index is 13.1. The SMILES string of the molecule is COC(=O)c1cnn(C)c1S(=O)(=O)N(C(N)=O)c1nc(OC)cc(OC)n1. The van der Waals surface area contributed by atoms with Crippen molar-refractivity contribution in [3.05, 3.63) is 17.8 Å². The Morgan fingerprint density at radius 2 is 1.70 bits per heavy atom. The van der Waals surface area contributed by atoms with Gasteiger partial charge in [0.05, 0.1) is 33.6 Å². The van der Waals surface area contributed by atoms with E-state index in [0.717, 1.165) is 18.0 Å². The lowest BCUT2D eigenvalue weighted by Gasteiger charge is -2.19. The average molecular weight is 400 g/mol. The summed E-state index contributed by atoms with van der Waals surface area (Å²) in [6.45, 7) is 0. The molecule has 14 heteroatoms. The van der Waals surface area contributed by atoms with E-state index >= 15 is 0 Å². The zero-order valence-electron chi connectivity index (χ0n) is 14.7. The van der Waals surface area contributed by atoms with E-state index in [1.807, 2.05) is 0 Å². The van der Waals surface area contributed by atoms with Crippen molar-refractivity contribution in [2.24, 2.45) is 12.8 Å². The van der Waals surface area contributed by atoms with Crippen LogP contribution in [0.3, 0.4) is 0 Å². The summed E-state index contributed by atoms with van der Waals surface area (Å²) in [5.74, 6) is -1.79. The van der Waals surface area contributed by atoms with Crippen molar-refractivity contribution in [2.75, 3.05) is 25.6 Å². The van der Waals surface area contributed by atoms with Gasteiger partial charge < -0.3 is 19.9 Å². The molecule has 2 amide bonds. The first-order valence-corrected chi connectivity index (χ1v) is 8.53. The second-order valence-corrected chi connectivity index (χ2v) is 6.54. The van der Waals surface area contributed by atoms with Gasteiger partial charge in [-0.25, -0.2) is 9.59 Å². The number of anilines is 1. The minimum Gasteiger partial charge on any atom is -0.481 e. The van der Waals surface area contributed by atoms with Crippen LogP contribution in [0.2, 0.25) is 0 Å². The zero-order valence-corrected chi connectivity index (χ0v) is 15.6. The number of aromatic nitrogens is 4. The van der Waals surface area contributed by atoms with Crippen molar-refractivity contribution in [1.82, 2.24) is 19.7 Å². The summed E-state index contributed by atoms with van der Waals surface area (Å²) >= 11 is 0. The van der Waals surface area contributed by atoms with E-state index in [-0.39, 0.29) is 16.1 Å². The van der Waals surface area contributed by atoms with E-state index in [1.165, 1.54) is 27.3 Å². The summed E-state index contributed by atoms with van der Waals surface area (Å²) < 4.78 is 41.6. The van der Waals surface area contributed by atoms with Crippen LogP contribution in [0.5, 0.6) is 11.8 Å².